The molecule has 716 valence electrons. The van der Waals surface area contributed by atoms with Crippen LogP contribution >= 0.6 is 34.8 Å². The van der Waals surface area contributed by atoms with Gasteiger partial charge in [0, 0.05) is 125 Å². The maximum Gasteiger partial charge on any atom is 0.212 e. The summed E-state index contributed by atoms with van der Waals surface area (Å²) < 4.78 is 46.3. The number of nitrogens with zero attached hydrogens (tertiary/aromatic N) is 30. The molecule has 0 saturated carbocycles. The van der Waals surface area contributed by atoms with Crippen LogP contribution in [0.2, 0.25) is 15.1 Å². The van der Waals surface area contributed by atoms with Crippen molar-refractivity contribution in [3.63, 3.8) is 0 Å². The summed E-state index contributed by atoms with van der Waals surface area (Å²) in [5.41, 5.74) is 29.1. The molecule has 25 rings (SSSR count). The molecule has 5 aromatic carbocycles. The summed E-state index contributed by atoms with van der Waals surface area (Å²) in [4.78, 5) is 44.2. The van der Waals surface area contributed by atoms with Crippen LogP contribution in [-0.2, 0) is 66.5 Å². The lowest BCUT2D eigenvalue weighted by Crippen LogP contribution is -2.09. The highest BCUT2D eigenvalue weighted by Crippen LogP contribution is 2.40. The molecule has 5 aliphatic heterocycles. The van der Waals surface area contributed by atoms with Crippen LogP contribution in [0, 0.1) is 93.8 Å². The van der Waals surface area contributed by atoms with Gasteiger partial charge in [-0.2, -0.15) is 0 Å². The minimum atomic E-state index is 0.353. The Kier molecular flexibility index (Phi) is 26.5. The molecule has 0 spiro atoms. The average molecular weight is 1990 g/mol. The second-order valence-corrected chi connectivity index (χ2v) is 35.4. The number of rotatable bonds is 8. The largest absolute Gasteiger partial charge is 0.495 e. The Balaban J connectivity index is 0.000000107. The Morgan fingerprint density at radius 2 is 0.712 bits per heavy atom. The maximum absolute atomic E-state index is 6.29. The van der Waals surface area contributed by atoms with E-state index in [2.05, 4.69) is 220 Å². The zero-order chi connectivity index (χ0) is 100. The highest BCUT2D eigenvalue weighted by Gasteiger charge is 2.32. The van der Waals surface area contributed by atoms with Gasteiger partial charge in [0.25, 0.3) is 0 Å². The van der Waals surface area contributed by atoms with Crippen molar-refractivity contribution in [2.24, 2.45) is 0 Å². The minimum Gasteiger partial charge on any atom is -0.495 e. The smallest absolute Gasteiger partial charge is 0.212 e. The van der Waals surface area contributed by atoms with E-state index < -0.39 is 0 Å². The van der Waals surface area contributed by atoms with Crippen molar-refractivity contribution >= 4 is 34.8 Å². The average Bonchev–Trinajstić information content (AvgIpc) is 1.62. The number of ether oxygens (including phenoxy) is 5. The molecule has 0 fully saturated rings. The number of benzene rings is 5. The van der Waals surface area contributed by atoms with E-state index in [0.717, 1.165) is 187 Å². The first kappa shape index (κ1) is 94.0. The third-order valence-electron chi connectivity index (χ3n) is 24.3. The standard InChI is InChI=1S/3C22H17ClN6O.2C21H16N6O/c1-14-3-5-16(24-10-14)6-7-18-20-11-28-21(12-30-2)26-27-22(28)17-9-15(23)4-8-19(17)29(20)13-25-18;1-14-7-15(10-24-9-14)3-5-18-20-11-28-21(12-30-2)26-27-22(28)17-8-16(23)4-6-19(17)29(20)13-25-18;1-14-3-4-15(10-24-14)5-7-18-20-11-28-21(12-30-2)26-27-22(28)17-9-16(23)6-8-19(17)29(20)13-25-18;1-14-3-8-19-21(9-14)27-16(11-24-25-27)10-20-18(23-13-26(19)20)7-5-15-4-6-17(28-2)12-22-15;1-14-3-7-18-20(9-14)27-16(12-24-25-27)10-19-17(23-13-26(18)19)6-4-15-5-8-21(28-2)22-11-15/h3-5,8-10,13H,11-12H2,1-2H3;4,6-10,13H,11-12H2,1-2H3;3-4,6,8-10,13H,11-12H2,1-2H3;3-4,6,8-9,11-13H,10H2,1-2H3;3,5,7-9,11-13H,10H2,1-2H3. The van der Waals surface area contributed by atoms with Crippen molar-refractivity contribution in [1.82, 2.24) is 147 Å². The number of methoxy groups -OCH3 is 5. The second-order valence-electron chi connectivity index (χ2n) is 34.1. The zero-order valence-corrected chi connectivity index (χ0v) is 82.4. The van der Waals surface area contributed by atoms with E-state index in [-0.39, 0.29) is 0 Å². The van der Waals surface area contributed by atoms with Gasteiger partial charge >= 0.3 is 0 Å². The van der Waals surface area contributed by atoms with E-state index in [0.29, 0.717) is 107 Å². The molecule has 15 aromatic heterocycles. The summed E-state index contributed by atoms with van der Waals surface area (Å²) in [6, 6.07) is 46.8. The monoisotopic (exact) mass is 1980 g/mol. The predicted molar refractivity (Wildman–Crippen MR) is 543 cm³/mol. The molecular weight excluding hydrogens is 1900 g/mol. The summed E-state index contributed by atoms with van der Waals surface area (Å²) in [6.07, 6.45) is 24.3. The van der Waals surface area contributed by atoms with Gasteiger partial charge in [0.05, 0.1) is 132 Å². The van der Waals surface area contributed by atoms with Crippen LogP contribution in [0.5, 0.6) is 11.6 Å². The molecule has 0 unspecified atom stereocenters. The molecule has 35 nitrogen and oxygen atoms in total. The molecular formula is C108H83Cl3N30O5. The molecule has 0 saturated heterocycles. The molecule has 5 aliphatic rings. The van der Waals surface area contributed by atoms with Gasteiger partial charge in [0.15, 0.2) is 34.9 Å². The van der Waals surface area contributed by atoms with Crippen molar-refractivity contribution < 1.29 is 23.7 Å². The van der Waals surface area contributed by atoms with Crippen LogP contribution in [0.15, 0.2) is 227 Å². The molecule has 0 radical (unpaired) electrons. The summed E-state index contributed by atoms with van der Waals surface area (Å²) in [5, 5.41) is 44.8. The van der Waals surface area contributed by atoms with E-state index >= 15 is 0 Å². The SMILES string of the molecule is COCc1nnc2n1Cc1c(C#Cc3ccc(C)cn3)ncn1-c1ccc(Cl)cc1-2.COCc1nnc2n1Cc1c(C#Cc3ccc(C)nc3)ncn1-c1ccc(Cl)cc1-2.COCc1nnc2n1Cc1c(C#Cc3cncc(C)c3)ncn1-c1ccc(Cl)cc1-2.COc1ccc(C#Cc2ncn3c2Cc2cnnn2-c2cc(C)ccc2-3)cn1.COc1ccc(C#Cc2ncn3c2Cc2cnnn2-c2cc(C)ccc2-3)nc1. The van der Waals surface area contributed by atoms with Crippen molar-refractivity contribution in [2.75, 3.05) is 35.5 Å². The highest BCUT2D eigenvalue weighted by molar-refractivity contribution is 6.31. The summed E-state index contributed by atoms with van der Waals surface area (Å²) in [6.45, 7) is 12.7. The van der Waals surface area contributed by atoms with Crippen LogP contribution in [-0.4, -0.2) is 183 Å². The van der Waals surface area contributed by atoms with Gasteiger partial charge in [0.1, 0.15) is 97.1 Å². The summed E-state index contributed by atoms with van der Waals surface area (Å²) in [5.74, 6) is 37.3. The maximum atomic E-state index is 6.29. The van der Waals surface area contributed by atoms with Crippen molar-refractivity contribution in [3.05, 3.63) is 384 Å². The lowest BCUT2D eigenvalue weighted by Gasteiger charge is -2.10. The van der Waals surface area contributed by atoms with Crippen molar-refractivity contribution in [1.29, 1.82) is 0 Å². The Labute approximate surface area is 851 Å². The number of imidazole rings is 5. The van der Waals surface area contributed by atoms with Crippen LogP contribution in [0.4, 0.5) is 0 Å². The number of hydrogen-bond acceptors (Lipinski definition) is 25. The van der Waals surface area contributed by atoms with Gasteiger partial charge in [-0.15, -0.1) is 40.8 Å². The number of fused-ring (bicyclic) bond motifs is 25. The molecule has 0 aliphatic carbocycles. The Bertz CT molecular complexity index is 8370. The third kappa shape index (κ3) is 19.3. The molecule has 20 heterocycles. The lowest BCUT2D eigenvalue weighted by atomic mass is 10.1. The zero-order valence-electron chi connectivity index (χ0n) is 80.1. The number of aromatic nitrogens is 30. The van der Waals surface area contributed by atoms with Crippen LogP contribution in [0.25, 0.3) is 74.0 Å². The Hall–Kier alpha value is -18.3. The van der Waals surface area contributed by atoms with Gasteiger partial charge in [-0.1, -0.05) is 81.2 Å². The van der Waals surface area contributed by atoms with E-state index in [1.54, 1.807) is 110 Å². The van der Waals surface area contributed by atoms with E-state index in [1.807, 2.05) is 173 Å². The van der Waals surface area contributed by atoms with Crippen molar-refractivity contribution in [2.45, 2.75) is 86.9 Å². The first-order valence-corrected chi connectivity index (χ1v) is 46.8. The van der Waals surface area contributed by atoms with Crippen LogP contribution in [0.3, 0.4) is 0 Å². The molecule has 38 heteroatoms. The fourth-order valence-corrected chi connectivity index (χ4v) is 17.7. The summed E-state index contributed by atoms with van der Waals surface area (Å²) >= 11 is 18.9. The van der Waals surface area contributed by atoms with Gasteiger partial charge in [-0.25, -0.2) is 49.2 Å². The van der Waals surface area contributed by atoms with E-state index in [9.17, 15) is 0 Å². The predicted octanol–water partition coefficient (Wildman–Crippen LogP) is 15.1. The van der Waals surface area contributed by atoms with Gasteiger partial charge in [0.2, 0.25) is 5.88 Å². The van der Waals surface area contributed by atoms with E-state index in [4.69, 9.17) is 58.5 Å². The lowest BCUT2D eigenvalue weighted by molar-refractivity contribution is 0.174. The number of pyridine rings is 5. The normalized spacial score (nSPS) is 11.6. The molecule has 0 atom stereocenters. The molecule has 0 amide bonds. The van der Waals surface area contributed by atoms with Gasteiger partial charge in [-0.05, 0) is 220 Å². The van der Waals surface area contributed by atoms with Crippen LogP contribution < -0.4 is 9.47 Å². The number of halogens is 3. The second kappa shape index (κ2) is 41.1. The van der Waals surface area contributed by atoms with Crippen molar-refractivity contribution in [3.8, 4) is 145 Å². The van der Waals surface area contributed by atoms with Gasteiger partial charge in [-0.3, -0.25) is 32.8 Å². The first-order valence-electron chi connectivity index (χ1n) is 45.7. The quantitative estimate of drug-likeness (QED) is 0.128. The highest BCUT2D eigenvalue weighted by atomic mass is 35.5. The molecule has 20 aromatic rings. The topological polar surface area (TPSA) is 353 Å². The van der Waals surface area contributed by atoms with Gasteiger partial charge < -0.3 is 37.4 Å². The Morgan fingerprint density at radius 1 is 0.308 bits per heavy atom. The minimum absolute atomic E-state index is 0.353. The first-order chi connectivity index (χ1) is 71.4. The Morgan fingerprint density at radius 3 is 1.10 bits per heavy atom. The number of hydrogen-bond donors (Lipinski definition) is 0. The molecule has 146 heavy (non-hydrogen) atoms. The van der Waals surface area contributed by atoms with E-state index in [1.165, 1.54) is 0 Å². The fraction of sp³-hybridized carbons (Fsp3) is 0.167. The molecule has 0 N–H and O–H groups in total. The fourth-order valence-electron chi connectivity index (χ4n) is 17.2. The summed E-state index contributed by atoms with van der Waals surface area (Å²) in [7, 11) is 8.12. The number of aryl methyl sites for hydroxylation is 5. The van der Waals surface area contributed by atoms with Crippen LogP contribution in [0.1, 0.15) is 142 Å². The molecule has 0 bridgehead atoms. The third-order valence-corrected chi connectivity index (χ3v) is 25.0.